The van der Waals surface area contributed by atoms with Crippen molar-refractivity contribution >= 4 is 14.6 Å². The highest BCUT2D eigenvalue weighted by Crippen LogP contribution is 2.47. The molecule has 2 aromatic rings. The van der Waals surface area contributed by atoms with E-state index in [0.717, 1.165) is 12.0 Å². The summed E-state index contributed by atoms with van der Waals surface area (Å²) >= 11 is 0. The van der Waals surface area contributed by atoms with Gasteiger partial charge in [-0.25, -0.2) is 4.79 Å². The highest BCUT2D eigenvalue weighted by molar-refractivity contribution is 7.43. The van der Waals surface area contributed by atoms with Crippen molar-refractivity contribution in [2.75, 3.05) is 0 Å². The van der Waals surface area contributed by atoms with Crippen LogP contribution >= 0.6 is 8.60 Å². The van der Waals surface area contributed by atoms with Crippen LogP contribution in [0.15, 0.2) is 42.5 Å². The van der Waals surface area contributed by atoms with E-state index in [1.54, 1.807) is 18.2 Å². The SMILES string of the molecule is CCCCCCCCCc1ccc(OP2OC(=O)c3ccccc3O2)c(C)c1. The molecule has 150 valence electrons. The number of unbranched alkanes of at least 4 members (excludes halogenated alkanes) is 6. The van der Waals surface area contributed by atoms with Crippen LogP contribution in [0.3, 0.4) is 0 Å². The molecule has 1 aliphatic rings. The largest absolute Gasteiger partial charge is 0.532 e. The average Bonchev–Trinajstić information content (AvgIpc) is 2.69. The van der Waals surface area contributed by atoms with Gasteiger partial charge in [0.1, 0.15) is 17.1 Å². The van der Waals surface area contributed by atoms with Gasteiger partial charge >= 0.3 is 14.6 Å². The van der Waals surface area contributed by atoms with Crippen LogP contribution in [-0.2, 0) is 10.9 Å². The van der Waals surface area contributed by atoms with Crippen molar-refractivity contribution in [2.24, 2.45) is 0 Å². The summed E-state index contributed by atoms with van der Waals surface area (Å²) in [6, 6.07) is 13.3. The molecule has 0 N–H and O–H groups in total. The van der Waals surface area contributed by atoms with Gasteiger partial charge in [-0.2, -0.15) is 0 Å². The van der Waals surface area contributed by atoms with Crippen molar-refractivity contribution < 1.29 is 18.4 Å². The van der Waals surface area contributed by atoms with Gasteiger partial charge in [-0.05, 0) is 49.1 Å². The minimum atomic E-state index is -1.77. The van der Waals surface area contributed by atoms with Crippen molar-refractivity contribution in [2.45, 2.75) is 65.2 Å². The second-order valence-electron chi connectivity index (χ2n) is 7.25. The number of carbonyl (C=O) groups excluding carboxylic acids is 1. The Labute approximate surface area is 169 Å². The lowest BCUT2D eigenvalue weighted by Crippen LogP contribution is -2.14. The molecular formula is C23H29O4P. The lowest BCUT2D eigenvalue weighted by atomic mass is 10.0. The Balaban J connectivity index is 1.49. The number of benzene rings is 2. The fraction of sp³-hybridized carbons (Fsp3) is 0.435. The Bertz CT molecular complexity index is 790. The molecule has 1 aliphatic heterocycles. The molecule has 0 fully saturated rings. The second kappa shape index (κ2) is 10.5. The number of rotatable bonds is 10. The molecule has 0 amide bonds. The fourth-order valence-electron chi connectivity index (χ4n) is 3.30. The molecule has 28 heavy (non-hydrogen) atoms. The van der Waals surface area contributed by atoms with E-state index in [-0.39, 0.29) is 0 Å². The first-order valence-corrected chi connectivity index (χ1v) is 11.3. The van der Waals surface area contributed by atoms with Crippen molar-refractivity contribution in [1.29, 1.82) is 0 Å². The third kappa shape index (κ3) is 5.72. The number of aryl methyl sites for hydroxylation is 2. The van der Waals surface area contributed by atoms with E-state index in [1.165, 1.54) is 50.5 Å². The van der Waals surface area contributed by atoms with Crippen LogP contribution in [0.2, 0.25) is 0 Å². The summed E-state index contributed by atoms with van der Waals surface area (Å²) in [4.78, 5) is 12.1. The van der Waals surface area contributed by atoms with Gasteiger partial charge in [-0.3, -0.25) is 0 Å². The summed E-state index contributed by atoms with van der Waals surface area (Å²) in [5.41, 5.74) is 2.78. The van der Waals surface area contributed by atoms with Gasteiger partial charge in [0.05, 0.1) is 0 Å². The predicted molar refractivity (Wildman–Crippen MR) is 113 cm³/mol. The summed E-state index contributed by atoms with van der Waals surface area (Å²) in [6.07, 6.45) is 10.3. The monoisotopic (exact) mass is 400 g/mol. The molecule has 0 spiro atoms. The molecule has 0 saturated carbocycles. The third-order valence-corrected chi connectivity index (χ3v) is 5.92. The number of para-hydroxylation sites is 1. The molecular weight excluding hydrogens is 371 g/mol. The first kappa shape index (κ1) is 20.7. The first-order chi connectivity index (χ1) is 13.7. The normalized spacial score (nSPS) is 15.5. The van der Waals surface area contributed by atoms with Gasteiger partial charge in [0.15, 0.2) is 0 Å². The maximum absolute atomic E-state index is 12.1. The number of fused-ring (bicyclic) bond motifs is 1. The summed E-state index contributed by atoms with van der Waals surface area (Å²) < 4.78 is 16.9. The number of carbonyl (C=O) groups is 1. The smallest absolute Gasteiger partial charge is 0.408 e. The lowest BCUT2D eigenvalue weighted by Gasteiger charge is -2.23. The van der Waals surface area contributed by atoms with Gasteiger partial charge < -0.3 is 13.6 Å². The van der Waals surface area contributed by atoms with Crippen LogP contribution in [-0.4, -0.2) is 5.97 Å². The molecule has 0 radical (unpaired) electrons. The van der Waals surface area contributed by atoms with E-state index in [2.05, 4.69) is 19.1 Å². The minimum Gasteiger partial charge on any atom is -0.408 e. The highest BCUT2D eigenvalue weighted by Gasteiger charge is 2.32. The third-order valence-electron chi connectivity index (χ3n) is 4.92. The number of hydrogen-bond donors (Lipinski definition) is 0. The van der Waals surface area contributed by atoms with E-state index < -0.39 is 14.6 Å². The van der Waals surface area contributed by atoms with Gasteiger partial charge in [0.25, 0.3) is 0 Å². The Kier molecular flexibility index (Phi) is 7.73. The van der Waals surface area contributed by atoms with Crippen molar-refractivity contribution in [3.63, 3.8) is 0 Å². The van der Waals surface area contributed by atoms with Crippen molar-refractivity contribution in [1.82, 2.24) is 0 Å². The fourth-order valence-corrected chi connectivity index (χ4v) is 4.33. The van der Waals surface area contributed by atoms with Crippen LogP contribution in [0.5, 0.6) is 11.5 Å². The van der Waals surface area contributed by atoms with Crippen LogP contribution in [0.1, 0.15) is 73.4 Å². The van der Waals surface area contributed by atoms with E-state index in [1.807, 2.05) is 19.1 Å². The molecule has 5 heteroatoms. The maximum atomic E-state index is 12.1. The topological polar surface area (TPSA) is 44.8 Å². The Hall–Kier alpha value is -2.06. The summed E-state index contributed by atoms with van der Waals surface area (Å²) in [7, 11) is -1.77. The quantitative estimate of drug-likeness (QED) is 0.314. The molecule has 0 saturated heterocycles. The van der Waals surface area contributed by atoms with Crippen LogP contribution in [0, 0.1) is 6.92 Å². The van der Waals surface area contributed by atoms with E-state index in [9.17, 15) is 4.79 Å². The second-order valence-corrected chi connectivity index (χ2v) is 8.25. The van der Waals surface area contributed by atoms with Gasteiger partial charge in [0.2, 0.25) is 0 Å². The molecule has 4 nitrogen and oxygen atoms in total. The van der Waals surface area contributed by atoms with Gasteiger partial charge in [-0.1, -0.05) is 69.7 Å². The Morgan fingerprint density at radius 2 is 1.68 bits per heavy atom. The summed E-state index contributed by atoms with van der Waals surface area (Å²) in [5.74, 6) is 0.806. The molecule has 1 atom stereocenters. The Morgan fingerprint density at radius 1 is 0.929 bits per heavy atom. The van der Waals surface area contributed by atoms with Gasteiger partial charge in [-0.15, -0.1) is 0 Å². The summed E-state index contributed by atoms with van der Waals surface area (Å²) in [5, 5.41) is 0. The molecule has 1 heterocycles. The number of hydrogen-bond acceptors (Lipinski definition) is 4. The average molecular weight is 400 g/mol. The van der Waals surface area contributed by atoms with Crippen LogP contribution < -0.4 is 9.05 Å². The molecule has 0 aliphatic carbocycles. The van der Waals surface area contributed by atoms with Gasteiger partial charge in [0, 0.05) is 0 Å². The first-order valence-electron chi connectivity index (χ1n) is 10.2. The van der Waals surface area contributed by atoms with Crippen LogP contribution in [0.25, 0.3) is 0 Å². The standard InChI is InChI=1S/C23H29O4P/c1-3-4-5-6-7-8-9-12-19-15-16-21(18(2)17-19)25-28-26-22-14-11-10-13-20(22)23(24)27-28/h10-11,13-17H,3-9,12H2,1-2H3. The minimum absolute atomic E-state index is 0.402. The molecule has 2 aromatic carbocycles. The van der Waals surface area contributed by atoms with E-state index in [4.69, 9.17) is 13.6 Å². The molecule has 3 rings (SSSR count). The zero-order valence-electron chi connectivity index (χ0n) is 16.8. The zero-order valence-corrected chi connectivity index (χ0v) is 17.7. The van der Waals surface area contributed by atoms with Crippen LogP contribution in [0.4, 0.5) is 0 Å². The Morgan fingerprint density at radius 3 is 2.46 bits per heavy atom. The highest BCUT2D eigenvalue weighted by atomic mass is 31.2. The zero-order chi connectivity index (χ0) is 19.8. The molecule has 0 bridgehead atoms. The summed E-state index contributed by atoms with van der Waals surface area (Å²) in [6.45, 7) is 4.26. The van der Waals surface area contributed by atoms with E-state index >= 15 is 0 Å². The predicted octanol–water partition coefficient (Wildman–Crippen LogP) is 7.14. The molecule has 0 aromatic heterocycles. The van der Waals surface area contributed by atoms with Crippen molar-refractivity contribution in [3.8, 4) is 11.5 Å². The van der Waals surface area contributed by atoms with Crippen molar-refractivity contribution in [3.05, 3.63) is 59.2 Å². The lowest BCUT2D eigenvalue weighted by molar-refractivity contribution is 0.0697. The molecule has 1 unspecified atom stereocenters. The van der Waals surface area contributed by atoms with E-state index in [0.29, 0.717) is 17.1 Å². The maximum Gasteiger partial charge on any atom is 0.532 e.